The van der Waals surface area contributed by atoms with Gasteiger partial charge in [-0.25, -0.2) is 9.78 Å². The maximum Gasteiger partial charge on any atom is 0.339 e. The summed E-state index contributed by atoms with van der Waals surface area (Å²) in [5.41, 5.74) is 1.03. The van der Waals surface area contributed by atoms with Gasteiger partial charge in [-0.1, -0.05) is 18.2 Å². The van der Waals surface area contributed by atoms with Crippen molar-refractivity contribution in [3.05, 3.63) is 53.7 Å². The molecule has 1 atom stereocenters. The monoisotopic (exact) mass is 408 g/mol. The van der Waals surface area contributed by atoms with Crippen LogP contribution in [0, 0.1) is 5.92 Å². The van der Waals surface area contributed by atoms with Crippen molar-refractivity contribution in [2.75, 3.05) is 42.9 Å². The Morgan fingerprint density at radius 2 is 1.87 bits per heavy atom. The van der Waals surface area contributed by atoms with E-state index in [1.54, 1.807) is 30.5 Å². The number of aromatic nitrogens is 1. The van der Waals surface area contributed by atoms with Gasteiger partial charge >= 0.3 is 5.97 Å². The molecule has 1 aromatic heterocycles. The minimum absolute atomic E-state index is 0.127. The number of nitrogens with zero attached hydrogens (tertiary/aromatic N) is 3. The number of aromatic carboxylic acids is 1. The third-order valence-corrected chi connectivity index (χ3v) is 5.92. The molecule has 0 spiro atoms. The number of carbonyl (C=O) groups is 2. The molecule has 158 valence electrons. The largest absolute Gasteiger partial charge is 0.478 e. The summed E-state index contributed by atoms with van der Waals surface area (Å²) in [5, 5.41) is 12.5. The van der Waals surface area contributed by atoms with Gasteiger partial charge in [0.15, 0.2) is 0 Å². The summed E-state index contributed by atoms with van der Waals surface area (Å²) in [4.78, 5) is 33.4. The zero-order chi connectivity index (χ0) is 20.9. The van der Waals surface area contributed by atoms with Crippen LogP contribution in [-0.2, 0) is 0 Å². The number of rotatable bonds is 6. The van der Waals surface area contributed by atoms with Crippen molar-refractivity contribution in [3.8, 4) is 0 Å². The SMILES string of the molecule is O=C(Nc1cnc(N2CCC[C@H](CN3CCCC3)C2)c(C(=O)O)c1)c1ccccc1. The van der Waals surface area contributed by atoms with Crippen molar-refractivity contribution in [2.24, 2.45) is 5.92 Å². The molecule has 30 heavy (non-hydrogen) atoms. The molecule has 0 saturated carbocycles. The maximum atomic E-state index is 12.4. The lowest BCUT2D eigenvalue weighted by atomic mass is 9.97. The normalized spacial score (nSPS) is 19.6. The Kier molecular flexibility index (Phi) is 6.28. The Morgan fingerprint density at radius 1 is 1.10 bits per heavy atom. The number of carbonyl (C=O) groups excluding carboxylic acids is 1. The van der Waals surface area contributed by atoms with Gasteiger partial charge in [0.05, 0.1) is 11.9 Å². The minimum atomic E-state index is -1.03. The van der Waals surface area contributed by atoms with Crippen LogP contribution >= 0.6 is 0 Å². The molecule has 2 N–H and O–H groups in total. The number of piperidine rings is 1. The van der Waals surface area contributed by atoms with Crippen molar-refractivity contribution in [1.82, 2.24) is 9.88 Å². The van der Waals surface area contributed by atoms with E-state index in [1.807, 2.05) is 6.07 Å². The molecule has 2 aliphatic heterocycles. The molecule has 2 saturated heterocycles. The van der Waals surface area contributed by atoms with E-state index in [9.17, 15) is 14.7 Å². The van der Waals surface area contributed by atoms with Crippen molar-refractivity contribution in [2.45, 2.75) is 25.7 Å². The van der Waals surface area contributed by atoms with E-state index in [2.05, 4.69) is 20.1 Å². The molecule has 0 bridgehead atoms. The number of carboxylic acid groups (broad SMARTS) is 1. The van der Waals surface area contributed by atoms with Gasteiger partial charge in [-0.05, 0) is 62.9 Å². The van der Waals surface area contributed by atoms with Crippen LogP contribution in [0.4, 0.5) is 11.5 Å². The van der Waals surface area contributed by atoms with Gasteiger partial charge in [0.1, 0.15) is 11.4 Å². The van der Waals surface area contributed by atoms with Gasteiger partial charge < -0.3 is 20.2 Å². The van der Waals surface area contributed by atoms with Crippen molar-refractivity contribution in [3.63, 3.8) is 0 Å². The zero-order valence-electron chi connectivity index (χ0n) is 17.1. The number of carboxylic acids is 1. The van der Waals surface area contributed by atoms with E-state index in [4.69, 9.17) is 0 Å². The molecule has 4 rings (SSSR count). The summed E-state index contributed by atoms with van der Waals surface area (Å²) in [7, 11) is 0. The topological polar surface area (TPSA) is 85.8 Å². The van der Waals surface area contributed by atoms with Crippen LogP contribution in [-0.4, -0.2) is 59.6 Å². The first-order valence-electron chi connectivity index (χ1n) is 10.7. The molecule has 0 unspecified atom stereocenters. The van der Waals surface area contributed by atoms with Crippen LogP contribution in [0.25, 0.3) is 0 Å². The highest BCUT2D eigenvalue weighted by atomic mass is 16.4. The fraction of sp³-hybridized carbons (Fsp3) is 0.435. The van der Waals surface area contributed by atoms with E-state index < -0.39 is 5.97 Å². The summed E-state index contributed by atoms with van der Waals surface area (Å²) in [6, 6.07) is 10.3. The molecule has 7 nitrogen and oxygen atoms in total. The van der Waals surface area contributed by atoms with Gasteiger partial charge in [-0.15, -0.1) is 0 Å². The lowest BCUT2D eigenvalue weighted by Gasteiger charge is -2.36. The maximum absolute atomic E-state index is 12.4. The first-order chi connectivity index (χ1) is 14.6. The van der Waals surface area contributed by atoms with E-state index in [0.717, 1.165) is 26.1 Å². The second-order valence-electron chi connectivity index (χ2n) is 8.18. The standard InChI is InChI=1S/C23H28N4O3/c28-22(18-8-2-1-3-9-18)25-19-13-20(23(29)30)21(24-14-19)27-12-6-7-17(16-27)15-26-10-4-5-11-26/h1-3,8-9,13-14,17H,4-7,10-12,15-16H2,(H,25,28)(H,29,30)/t17-/m1/s1. The summed E-state index contributed by atoms with van der Waals surface area (Å²) < 4.78 is 0. The van der Waals surface area contributed by atoms with Crippen LogP contribution in [0.3, 0.4) is 0 Å². The van der Waals surface area contributed by atoms with Gasteiger partial charge in [-0.3, -0.25) is 4.79 Å². The Labute approximate surface area is 176 Å². The van der Waals surface area contributed by atoms with Gasteiger partial charge in [0.25, 0.3) is 5.91 Å². The van der Waals surface area contributed by atoms with E-state index >= 15 is 0 Å². The third-order valence-electron chi connectivity index (χ3n) is 5.92. The van der Waals surface area contributed by atoms with Crippen LogP contribution in [0.5, 0.6) is 0 Å². The van der Waals surface area contributed by atoms with Gasteiger partial charge in [0, 0.05) is 25.2 Å². The Bertz CT molecular complexity index is 897. The van der Waals surface area contributed by atoms with E-state index in [-0.39, 0.29) is 11.5 Å². The van der Waals surface area contributed by atoms with Crippen LogP contribution in [0.2, 0.25) is 0 Å². The molecule has 0 radical (unpaired) electrons. The molecule has 3 heterocycles. The number of pyridine rings is 1. The van der Waals surface area contributed by atoms with Crippen LogP contribution < -0.4 is 10.2 Å². The summed E-state index contributed by atoms with van der Waals surface area (Å²) in [6.45, 7) is 5.04. The second-order valence-corrected chi connectivity index (χ2v) is 8.18. The van der Waals surface area contributed by atoms with Crippen LogP contribution in [0.15, 0.2) is 42.6 Å². The van der Waals surface area contributed by atoms with Crippen molar-refractivity contribution >= 4 is 23.4 Å². The quantitative estimate of drug-likeness (QED) is 0.762. The van der Waals surface area contributed by atoms with Crippen molar-refractivity contribution < 1.29 is 14.7 Å². The number of anilines is 2. The summed E-state index contributed by atoms with van der Waals surface area (Å²) >= 11 is 0. The Hall–Kier alpha value is -2.93. The smallest absolute Gasteiger partial charge is 0.339 e. The number of amides is 1. The average molecular weight is 409 g/mol. The molecule has 1 amide bonds. The van der Waals surface area contributed by atoms with E-state index in [1.165, 1.54) is 38.4 Å². The molecule has 7 heteroatoms. The summed E-state index contributed by atoms with van der Waals surface area (Å²) in [6.07, 6.45) is 6.30. The lowest BCUT2D eigenvalue weighted by molar-refractivity contribution is 0.0696. The highest BCUT2D eigenvalue weighted by molar-refractivity contribution is 6.05. The first-order valence-corrected chi connectivity index (χ1v) is 10.7. The first kappa shape index (κ1) is 20.3. The molecule has 0 aliphatic carbocycles. The molecular weight excluding hydrogens is 380 g/mol. The van der Waals surface area contributed by atoms with Gasteiger partial charge in [0.2, 0.25) is 0 Å². The number of nitrogens with one attached hydrogen (secondary N) is 1. The third kappa shape index (κ3) is 4.79. The Morgan fingerprint density at radius 3 is 2.60 bits per heavy atom. The second kappa shape index (κ2) is 9.26. The predicted octanol–water partition coefficient (Wildman–Crippen LogP) is 3.34. The highest BCUT2D eigenvalue weighted by Crippen LogP contribution is 2.28. The minimum Gasteiger partial charge on any atom is -0.478 e. The van der Waals surface area contributed by atoms with E-state index in [0.29, 0.717) is 23.0 Å². The lowest BCUT2D eigenvalue weighted by Crippen LogP contribution is -2.41. The molecule has 2 fully saturated rings. The number of hydrogen-bond acceptors (Lipinski definition) is 5. The molecule has 2 aromatic rings. The highest BCUT2D eigenvalue weighted by Gasteiger charge is 2.27. The molecule has 1 aromatic carbocycles. The average Bonchev–Trinajstić information content (AvgIpc) is 3.27. The zero-order valence-corrected chi connectivity index (χ0v) is 17.1. The van der Waals surface area contributed by atoms with Crippen LogP contribution in [0.1, 0.15) is 46.4 Å². The summed E-state index contributed by atoms with van der Waals surface area (Å²) in [5.74, 6) is -0.302. The number of hydrogen-bond donors (Lipinski definition) is 2. The molecule has 2 aliphatic rings. The Balaban J connectivity index is 1.48. The van der Waals surface area contributed by atoms with Crippen molar-refractivity contribution in [1.29, 1.82) is 0 Å². The predicted molar refractivity (Wildman–Crippen MR) is 116 cm³/mol. The molecular formula is C23H28N4O3. The van der Waals surface area contributed by atoms with Gasteiger partial charge in [-0.2, -0.15) is 0 Å². The fourth-order valence-corrected chi connectivity index (χ4v) is 4.46. The fourth-order valence-electron chi connectivity index (χ4n) is 4.46. The number of likely N-dealkylation sites (tertiary alicyclic amines) is 1. The number of benzene rings is 1.